The Bertz CT molecular complexity index is 1130. The minimum atomic E-state index is -0.696. The third kappa shape index (κ3) is 2.47. The van der Waals surface area contributed by atoms with E-state index in [9.17, 15) is 19.2 Å². The number of fused-ring (bicyclic) bond motifs is 5. The minimum Gasteiger partial charge on any atom is -0.295 e. The maximum absolute atomic E-state index is 13.5. The Morgan fingerprint density at radius 1 is 0.900 bits per heavy atom. The second-order valence-electron chi connectivity index (χ2n) is 8.19. The fraction of sp³-hybridized carbons (Fsp3) is 0.250. The van der Waals surface area contributed by atoms with E-state index in [2.05, 4.69) is 0 Å². The van der Waals surface area contributed by atoms with E-state index >= 15 is 0 Å². The monoisotopic (exact) mass is 401 g/mol. The Labute approximate surface area is 173 Å². The molecule has 0 bridgehead atoms. The molecule has 2 aromatic rings. The van der Waals surface area contributed by atoms with Gasteiger partial charge in [-0.1, -0.05) is 24.3 Å². The van der Waals surface area contributed by atoms with Crippen LogP contribution in [-0.2, 0) is 14.4 Å². The number of nitrogens with zero attached hydrogens (tertiary/aromatic N) is 1. The molecule has 30 heavy (non-hydrogen) atoms. The van der Waals surface area contributed by atoms with Crippen LogP contribution >= 0.6 is 0 Å². The van der Waals surface area contributed by atoms with Crippen LogP contribution in [0, 0.1) is 11.8 Å². The molecular formula is C24H21N2O4+. The van der Waals surface area contributed by atoms with Crippen LogP contribution in [0.3, 0.4) is 0 Å². The summed E-state index contributed by atoms with van der Waals surface area (Å²) in [6.07, 6.45) is 3.88. The summed E-state index contributed by atoms with van der Waals surface area (Å²) in [6.45, 7) is 2.96. The van der Waals surface area contributed by atoms with Crippen molar-refractivity contribution in [3.8, 4) is 0 Å². The molecule has 2 saturated heterocycles. The van der Waals surface area contributed by atoms with Gasteiger partial charge in [-0.2, -0.15) is 0 Å². The number of imide groups is 1. The second kappa shape index (κ2) is 6.57. The van der Waals surface area contributed by atoms with Gasteiger partial charge < -0.3 is 0 Å². The zero-order chi connectivity index (χ0) is 21.2. The van der Waals surface area contributed by atoms with Crippen LogP contribution < -0.4 is 9.80 Å². The van der Waals surface area contributed by atoms with E-state index in [1.165, 1.54) is 18.7 Å². The van der Waals surface area contributed by atoms with Gasteiger partial charge in [0.2, 0.25) is 11.8 Å². The summed E-state index contributed by atoms with van der Waals surface area (Å²) in [7, 11) is 0. The molecule has 2 fully saturated rings. The molecule has 2 amide bonds. The number of amides is 2. The first-order chi connectivity index (χ1) is 14.4. The number of benzene rings is 2. The molecule has 0 saturated carbocycles. The summed E-state index contributed by atoms with van der Waals surface area (Å²) < 4.78 is 0. The lowest BCUT2D eigenvalue weighted by Crippen LogP contribution is -3.12. The van der Waals surface area contributed by atoms with Crippen LogP contribution in [0.4, 0.5) is 5.69 Å². The molecule has 3 heterocycles. The molecule has 3 aliphatic rings. The molecule has 6 nitrogen and oxygen atoms in total. The van der Waals surface area contributed by atoms with Crippen LogP contribution in [-0.4, -0.2) is 29.4 Å². The molecule has 2 aromatic carbocycles. The van der Waals surface area contributed by atoms with Crippen LogP contribution in [0.5, 0.6) is 0 Å². The Morgan fingerprint density at radius 3 is 2.23 bits per heavy atom. The van der Waals surface area contributed by atoms with Gasteiger partial charge in [-0.05, 0) is 42.8 Å². The largest absolute Gasteiger partial charge is 0.295 e. The van der Waals surface area contributed by atoms with E-state index in [0.29, 0.717) is 11.3 Å². The summed E-state index contributed by atoms with van der Waals surface area (Å²) in [5, 5.41) is 0. The average molecular weight is 401 g/mol. The van der Waals surface area contributed by atoms with E-state index in [1.54, 1.807) is 24.3 Å². The fourth-order valence-electron chi connectivity index (χ4n) is 5.32. The maximum atomic E-state index is 13.5. The highest BCUT2D eigenvalue weighted by molar-refractivity contribution is 6.23. The van der Waals surface area contributed by atoms with Gasteiger partial charge in [0.15, 0.2) is 17.6 Å². The summed E-state index contributed by atoms with van der Waals surface area (Å²) in [6, 6.07) is 13.4. The Kier molecular flexibility index (Phi) is 4.08. The van der Waals surface area contributed by atoms with Crippen molar-refractivity contribution < 1.29 is 24.1 Å². The Balaban J connectivity index is 1.60. The smallest absolute Gasteiger partial charge is 0.244 e. The normalized spacial score (nSPS) is 28.9. The number of anilines is 1. The van der Waals surface area contributed by atoms with Gasteiger partial charge in [-0.3, -0.25) is 24.1 Å². The van der Waals surface area contributed by atoms with Gasteiger partial charge in [0, 0.05) is 18.1 Å². The third-order valence-electron chi connectivity index (χ3n) is 6.59. The summed E-state index contributed by atoms with van der Waals surface area (Å²) >= 11 is 0. The number of carbonyl (C=O) groups excluding carboxylic acids is 4. The van der Waals surface area contributed by atoms with E-state index in [0.717, 1.165) is 16.0 Å². The van der Waals surface area contributed by atoms with Gasteiger partial charge in [0.05, 0.1) is 11.9 Å². The lowest BCUT2D eigenvalue weighted by molar-refractivity contribution is -0.884. The van der Waals surface area contributed by atoms with Gasteiger partial charge >= 0.3 is 0 Å². The first-order valence-corrected chi connectivity index (χ1v) is 10.0. The van der Waals surface area contributed by atoms with Crippen molar-refractivity contribution in [3.63, 3.8) is 0 Å². The van der Waals surface area contributed by atoms with E-state index < -0.39 is 17.9 Å². The molecule has 1 unspecified atom stereocenters. The molecule has 1 N–H and O–H groups in total. The second-order valence-corrected chi connectivity index (χ2v) is 8.19. The molecule has 0 spiro atoms. The third-order valence-corrected chi connectivity index (χ3v) is 6.59. The zero-order valence-electron chi connectivity index (χ0n) is 16.7. The molecule has 0 radical (unpaired) electrons. The van der Waals surface area contributed by atoms with Crippen molar-refractivity contribution in [2.45, 2.75) is 25.9 Å². The number of hydrogen-bond donors (Lipinski definition) is 1. The van der Waals surface area contributed by atoms with Crippen molar-refractivity contribution in [3.05, 3.63) is 71.4 Å². The molecule has 5 atom stereocenters. The molecule has 0 aromatic heterocycles. The number of rotatable bonds is 3. The number of ketones is 2. The summed E-state index contributed by atoms with van der Waals surface area (Å²) in [4.78, 5) is 53.2. The number of hydrogen-bond acceptors (Lipinski definition) is 4. The summed E-state index contributed by atoms with van der Waals surface area (Å²) in [5.41, 5.74) is 2.96. The first kappa shape index (κ1) is 18.6. The highest BCUT2D eigenvalue weighted by atomic mass is 16.2. The predicted molar refractivity (Wildman–Crippen MR) is 110 cm³/mol. The molecule has 3 aliphatic heterocycles. The molecule has 6 heteroatoms. The number of carbonyl (C=O) groups is 4. The molecule has 0 aliphatic carbocycles. The zero-order valence-corrected chi connectivity index (χ0v) is 16.7. The van der Waals surface area contributed by atoms with Crippen LogP contribution in [0.1, 0.15) is 41.4 Å². The standard InChI is InChI=1S/C24H20N2O4/c1-13(27)15-7-9-17(10-8-15)26-23(29)19-20(24(26)30)22-18-6-4-3-5-16(18)11-12-25(22)21(19)14(2)28/h3-12,19-22H,1-2H3/p+1/t19-,20+,21+,22-/m0/s1. The van der Waals surface area contributed by atoms with Crippen molar-refractivity contribution in [2.24, 2.45) is 11.8 Å². The van der Waals surface area contributed by atoms with Gasteiger partial charge in [0.25, 0.3) is 0 Å². The molecule has 150 valence electrons. The first-order valence-electron chi connectivity index (χ1n) is 10.0. The average Bonchev–Trinajstić information content (AvgIpc) is 3.21. The SMILES string of the molecule is CC(=O)c1ccc(N2C(=O)[C@@H]3[C@H](C2=O)[C@@H](C(C)=O)[NH+]2C=Cc4ccccc4[C@@H]32)cc1. The minimum absolute atomic E-state index is 0.0843. The van der Waals surface area contributed by atoms with E-state index in [1.807, 2.05) is 36.5 Å². The predicted octanol–water partition coefficient (Wildman–Crippen LogP) is 1.58. The van der Waals surface area contributed by atoms with Gasteiger partial charge in [-0.15, -0.1) is 0 Å². The summed E-state index contributed by atoms with van der Waals surface area (Å²) in [5.74, 6) is -2.09. The van der Waals surface area contributed by atoms with Crippen molar-refractivity contribution in [2.75, 3.05) is 4.90 Å². The van der Waals surface area contributed by atoms with Crippen molar-refractivity contribution in [1.82, 2.24) is 0 Å². The van der Waals surface area contributed by atoms with Crippen LogP contribution in [0.15, 0.2) is 54.7 Å². The lowest BCUT2D eigenvalue weighted by atomic mass is 9.84. The van der Waals surface area contributed by atoms with E-state index in [-0.39, 0.29) is 29.4 Å². The van der Waals surface area contributed by atoms with Crippen LogP contribution in [0.25, 0.3) is 6.08 Å². The molecule has 5 rings (SSSR count). The van der Waals surface area contributed by atoms with Crippen molar-refractivity contribution in [1.29, 1.82) is 0 Å². The number of quaternary nitrogens is 1. The van der Waals surface area contributed by atoms with Gasteiger partial charge in [-0.25, -0.2) is 4.90 Å². The topological polar surface area (TPSA) is 76.0 Å². The Morgan fingerprint density at radius 2 is 1.57 bits per heavy atom. The maximum Gasteiger partial charge on any atom is 0.244 e. The molecular weight excluding hydrogens is 380 g/mol. The lowest BCUT2D eigenvalue weighted by Gasteiger charge is -2.30. The Hall–Kier alpha value is -3.38. The number of Topliss-reactive ketones (excluding diaryl/α,β-unsaturated/α-hetero) is 2. The fourth-order valence-corrected chi connectivity index (χ4v) is 5.32. The quantitative estimate of drug-likeness (QED) is 0.626. The highest BCUT2D eigenvalue weighted by Crippen LogP contribution is 2.44. The van der Waals surface area contributed by atoms with Gasteiger partial charge in [0.1, 0.15) is 17.9 Å². The van der Waals surface area contributed by atoms with Crippen LogP contribution in [0.2, 0.25) is 0 Å². The van der Waals surface area contributed by atoms with Crippen molar-refractivity contribution >= 4 is 35.1 Å². The highest BCUT2D eigenvalue weighted by Gasteiger charge is 2.67. The number of nitrogens with one attached hydrogen (secondary N) is 1. The van der Waals surface area contributed by atoms with E-state index in [4.69, 9.17) is 0 Å².